The number of H-pyrrole nitrogens is 1. The fourth-order valence-electron chi connectivity index (χ4n) is 6.58. The van der Waals surface area contributed by atoms with Crippen LogP contribution in [0.3, 0.4) is 0 Å². The van der Waals surface area contributed by atoms with Gasteiger partial charge in [0.1, 0.15) is 0 Å². The summed E-state index contributed by atoms with van der Waals surface area (Å²) in [4.78, 5) is 27.0. The van der Waals surface area contributed by atoms with Gasteiger partial charge in [-0.3, -0.25) is 14.3 Å². The van der Waals surface area contributed by atoms with E-state index < -0.39 is 5.41 Å². The Morgan fingerprint density at radius 3 is 2.54 bits per heavy atom. The van der Waals surface area contributed by atoms with Gasteiger partial charge in [-0.2, -0.15) is 0 Å². The number of ether oxygens (including phenoxy) is 1. The van der Waals surface area contributed by atoms with Crippen LogP contribution in [0.25, 0.3) is 22.5 Å². The minimum atomic E-state index is -0.492. The van der Waals surface area contributed by atoms with E-state index in [0.29, 0.717) is 25.4 Å². The van der Waals surface area contributed by atoms with E-state index in [1.54, 1.807) is 0 Å². The smallest absolute Gasteiger partial charge is 0.314 e. The van der Waals surface area contributed by atoms with Crippen molar-refractivity contribution in [3.63, 3.8) is 0 Å². The van der Waals surface area contributed by atoms with Gasteiger partial charge in [0.2, 0.25) is 0 Å². The zero-order chi connectivity index (χ0) is 28.4. The van der Waals surface area contributed by atoms with Gasteiger partial charge in [0.25, 0.3) is 5.56 Å². The maximum absolute atomic E-state index is 13.9. The number of rotatable bonds is 11. The number of aromatic nitrogens is 6. The molecule has 1 N–H and O–H groups in total. The van der Waals surface area contributed by atoms with Crippen molar-refractivity contribution >= 4 is 5.97 Å². The molecule has 41 heavy (non-hydrogen) atoms. The highest BCUT2D eigenvalue weighted by Gasteiger charge is 2.59. The van der Waals surface area contributed by atoms with Crippen LogP contribution in [0.5, 0.6) is 0 Å². The van der Waals surface area contributed by atoms with Crippen molar-refractivity contribution in [3.8, 4) is 22.5 Å². The van der Waals surface area contributed by atoms with Crippen LogP contribution in [0.4, 0.5) is 0 Å². The average molecular weight is 555 g/mol. The largest absolute Gasteiger partial charge is 0.466 e. The first-order valence-corrected chi connectivity index (χ1v) is 15.0. The molecule has 214 valence electrons. The number of unbranched alkanes of at least 4 members (excludes halogenated alkanes) is 2. The molecule has 0 saturated heterocycles. The monoisotopic (exact) mass is 554 g/mol. The molecule has 2 aromatic heterocycles. The summed E-state index contributed by atoms with van der Waals surface area (Å²) in [7, 11) is 0. The normalized spacial score (nSPS) is 17.3. The second-order valence-electron chi connectivity index (χ2n) is 11.4. The first-order chi connectivity index (χ1) is 20.1. The molecule has 2 aliphatic rings. The van der Waals surface area contributed by atoms with Gasteiger partial charge in [-0.25, -0.2) is 9.78 Å². The third-order valence-electron chi connectivity index (χ3n) is 8.82. The van der Waals surface area contributed by atoms with Crippen molar-refractivity contribution in [1.82, 2.24) is 30.0 Å². The zero-order valence-corrected chi connectivity index (χ0v) is 23.9. The first-order valence-electron chi connectivity index (χ1n) is 15.0. The van der Waals surface area contributed by atoms with Crippen LogP contribution in [0.1, 0.15) is 81.7 Å². The number of carbonyl (C=O) groups is 1. The average Bonchev–Trinajstić information content (AvgIpc) is 3.55. The van der Waals surface area contributed by atoms with Gasteiger partial charge in [0.15, 0.2) is 5.82 Å². The van der Waals surface area contributed by atoms with E-state index in [1.165, 1.54) is 0 Å². The molecule has 9 nitrogen and oxygen atoms in total. The van der Waals surface area contributed by atoms with Crippen LogP contribution >= 0.6 is 0 Å². The summed E-state index contributed by atoms with van der Waals surface area (Å²) in [6, 6.07) is 16.4. The van der Waals surface area contributed by atoms with Crippen molar-refractivity contribution in [2.75, 3.05) is 6.61 Å². The summed E-state index contributed by atoms with van der Waals surface area (Å²) < 4.78 is 9.70. The SMILES string of the molecule is CCCCCc1c(Cc2ccc(-c3ccccc3-c3nnn[nH]3)cc2)c(=O)n2n1C(C1(C(=O)OCC)CC1)CCC2. The standard InChI is InChI=1S/C32H38N6O3/c1-3-5-6-12-27-26(30(39)37-20-9-13-28(38(27)37)32(18-19-32)31(40)41-4-2)21-22-14-16-23(17-15-22)24-10-7-8-11-25(24)29-33-35-36-34-29/h7-8,10-11,14-17,28H,3-6,9,12-13,18-21H2,1-2H3,(H,33,34,35,36). The quantitative estimate of drug-likeness (QED) is 0.194. The molecule has 1 unspecified atom stereocenters. The van der Waals surface area contributed by atoms with Crippen molar-refractivity contribution < 1.29 is 9.53 Å². The Bertz CT molecular complexity index is 1560. The van der Waals surface area contributed by atoms with Gasteiger partial charge in [0.05, 0.1) is 18.1 Å². The lowest BCUT2D eigenvalue weighted by atomic mass is 9.90. The molecule has 3 heterocycles. The molecule has 0 spiro atoms. The van der Waals surface area contributed by atoms with Gasteiger partial charge >= 0.3 is 5.97 Å². The van der Waals surface area contributed by atoms with Gasteiger partial charge in [-0.1, -0.05) is 68.3 Å². The highest BCUT2D eigenvalue weighted by molar-refractivity contribution is 5.81. The van der Waals surface area contributed by atoms with Crippen molar-refractivity contribution in [1.29, 1.82) is 0 Å². The predicted molar refractivity (Wildman–Crippen MR) is 156 cm³/mol. The van der Waals surface area contributed by atoms with Crippen LogP contribution in [-0.4, -0.2) is 42.6 Å². The lowest BCUT2D eigenvalue weighted by Gasteiger charge is -2.34. The van der Waals surface area contributed by atoms with Gasteiger partial charge in [0, 0.05) is 29.8 Å². The number of benzene rings is 2. The molecule has 1 atom stereocenters. The summed E-state index contributed by atoms with van der Waals surface area (Å²) >= 11 is 0. The zero-order valence-electron chi connectivity index (χ0n) is 23.9. The van der Waals surface area contributed by atoms with Gasteiger partial charge in [-0.15, -0.1) is 5.10 Å². The number of carbonyl (C=O) groups excluding carboxylic acids is 1. The summed E-state index contributed by atoms with van der Waals surface area (Å²) in [5.74, 6) is 0.525. The Morgan fingerprint density at radius 1 is 1.07 bits per heavy atom. The van der Waals surface area contributed by atoms with Crippen LogP contribution in [0.2, 0.25) is 0 Å². The number of aromatic amines is 1. The summed E-state index contributed by atoms with van der Waals surface area (Å²) in [5, 5.41) is 14.4. The Balaban J connectivity index is 1.34. The molecule has 1 aliphatic heterocycles. The van der Waals surface area contributed by atoms with E-state index >= 15 is 0 Å². The number of tetrazole rings is 1. The first kappa shape index (κ1) is 27.2. The third kappa shape index (κ3) is 5.02. The number of hydrogen-bond acceptors (Lipinski definition) is 6. The highest BCUT2D eigenvalue weighted by Crippen LogP contribution is 2.57. The molecule has 0 radical (unpaired) electrons. The second-order valence-corrected chi connectivity index (χ2v) is 11.4. The predicted octanol–water partition coefficient (Wildman–Crippen LogP) is 5.50. The Hall–Kier alpha value is -4.01. The Morgan fingerprint density at radius 2 is 1.85 bits per heavy atom. The molecule has 4 aromatic rings. The van der Waals surface area contributed by atoms with Gasteiger partial charge < -0.3 is 4.74 Å². The molecule has 1 fully saturated rings. The summed E-state index contributed by atoms with van der Waals surface area (Å²) in [6.07, 6.45) is 8.14. The molecule has 0 bridgehead atoms. The van der Waals surface area contributed by atoms with Crippen LogP contribution < -0.4 is 5.56 Å². The topological polar surface area (TPSA) is 108 Å². The minimum absolute atomic E-state index is 0.0159. The molecule has 9 heteroatoms. The van der Waals surface area contributed by atoms with E-state index in [0.717, 1.165) is 84.9 Å². The van der Waals surface area contributed by atoms with E-state index in [1.807, 2.05) is 29.8 Å². The number of hydrogen-bond donors (Lipinski definition) is 1. The number of nitrogens with one attached hydrogen (secondary N) is 1. The van der Waals surface area contributed by atoms with Crippen molar-refractivity contribution in [2.24, 2.45) is 5.41 Å². The van der Waals surface area contributed by atoms with Gasteiger partial charge in [-0.05, 0) is 72.6 Å². The minimum Gasteiger partial charge on any atom is -0.466 e. The van der Waals surface area contributed by atoms with Crippen LogP contribution in [0.15, 0.2) is 53.3 Å². The van der Waals surface area contributed by atoms with E-state index in [4.69, 9.17) is 4.74 Å². The van der Waals surface area contributed by atoms with Crippen LogP contribution in [0, 0.1) is 5.41 Å². The maximum atomic E-state index is 13.9. The number of fused-ring (bicyclic) bond motifs is 1. The lowest BCUT2D eigenvalue weighted by molar-refractivity contribution is -0.152. The molecule has 6 rings (SSSR count). The Labute approximate surface area is 239 Å². The molecule has 0 amide bonds. The summed E-state index contributed by atoms with van der Waals surface area (Å²) in [6.45, 7) is 5.14. The van der Waals surface area contributed by atoms with E-state index in [9.17, 15) is 9.59 Å². The molecular weight excluding hydrogens is 516 g/mol. The van der Waals surface area contributed by atoms with Crippen LogP contribution in [-0.2, 0) is 28.9 Å². The molecular formula is C32H38N6O3. The lowest BCUT2D eigenvalue weighted by Crippen LogP contribution is -2.39. The fourth-order valence-corrected chi connectivity index (χ4v) is 6.58. The fraction of sp³-hybridized carbons (Fsp3) is 0.469. The Kier molecular flexibility index (Phi) is 7.60. The van der Waals surface area contributed by atoms with Crippen molar-refractivity contribution in [2.45, 2.75) is 84.2 Å². The summed E-state index contributed by atoms with van der Waals surface area (Å²) in [5.41, 5.74) is 5.69. The van der Waals surface area contributed by atoms with Crippen molar-refractivity contribution in [3.05, 3.63) is 75.7 Å². The van der Waals surface area contributed by atoms with E-state index in [2.05, 4.69) is 62.6 Å². The number of esters is 1. The number of nitrogens with zero attached hydrogens (tertiary/aromatic N) is 5. The maximum Gasteiger partial charge on any atom is 0.314 e. The molecule has 1 saturated carbocycles. The highest BCUT2D eigenvalue weighted by atomic mass is 16.5. The molecule has 2 aromatic carbocycles. The molecule has 1 aliphatic carbocycles. The van der Waals surface area contributed by atoms with E-state index in [-0.39, 0.29) is 17.6 Å². The second kappa shape index (κ2) is 11.5. The third-order valence-corrected chi connectivity index (χ3v) is 8.82.